The Morgan fingerprint density at radius 1 is 1.15 bits per heavy atom. The number of thiophene rings is 1. The number of ether oxygens (including phenoxy) is 1. The minimum absolute atomic E-state index is 0.0100. The van der Waals surface area contributed by atoms with Crippen molar-refractivity contribution in [2.24, 2.45) is 5.41 Å². The minimum atomic E-state index is -0.0100. The van der Waals surface area contributed by atoms with E-state index in [1.165, 1.54) is 0 Å². The summed E-state index contributed by atoms with van der Waals surface area (Å²) >= 11 is 1.55. The van der Waals surface area contributed by atoms with E-state index >= 15 is 0 Å². The SMILES string of the molecule is Cc1nnc2sc3c(NCc4ccc(C(=O)NC5CC6(COC6)C5)cc4)ncnc3c2c1C. The third-order valence-corrected chi connectivity index (χ3v) is 7.92. The van der Waals surface area contributed by atoms with Crippen molar-refractivity contribution in [3.63, 3.8) is 0 Å². The maximum Gasteiger partial charge on any atom is 0.251 e. The van der Waals surface area contributed by atoms with Crippen LogP contribution in [0.15, 0.2) is 30.6 Å². The van der Waals surface area contributed by atoms with Crippen molar-refractivity contribution in [1.82, 2.24) is 25.5 Å². The molecule has 6 rings (SSSR count). The van der Waals surface area contributed by atoms with Crippen LogP contribution in [-0.4, -0.2) is 45.3 Å². The van der Waals surface area contributed by atoms with E-state index in [1.807, 2.05) is 31.2 Å². The molecule has 1 saturated heterocycles. The van der Waals surface area contributed by atoms with Crippen LogP contribution in [0.1, 0.15) is 40.0 Å². The number of fused-ring (bicyclic) bond motifs is 3. The van der Waals surface area contributed by atoms with Gasteiger partial charge in [-0.05, 0) is 49.9 Å². The first kappa shape index (κ1) is 20.4. The predicted octanol–water partition coefficient (Wildman–Crippen LogP) is 3.77. The number of amides is 1. The molecule has 3 aromatic heterocycles. The lowest BCUT2D eigenvalue weighted by atomic mass is 9.64. The molecule has 2 N–H and O–H groups in total. The molecule has 1 aromatic carbocycles. The van der Waals surface area contributed by atoms with E-state index in [4.69, 9.17) is 4.74 Å². The van der Waals surface area contributed by atoms with Crippen LogP contribution < -0.4 is 10.6 Å². The Morgan fingerprint density at radius 2 is 1.94 bits per heavy atom. The van der Waals surface area contributed by atoms with Gasteiger partial charge in [0.1, 0.15) is 17.0 Å². The van der Waals surface area contributed by atoms with Gasteiger partial charge in [-0.15, -0.1) is 16.4 Å². The number of carbonyl (C=O) groups excluding carboxylic acids is 1. The summed E-state index contributed by atoms with van der Waals surface area (Å²) in [5.41, 5.74) is 5.01. The quantitative estimate of drug-likeness (QED) is 0.467. The van der Waals surface area contributed by atoms with Crippen LogP contribution in [0.3, 0.4) is 0 Å². The predicted molar refractivity (Wildman–Crippen MR) is 127 cm³/mol. The van der Waals surface area contributed by atoms with E-state index < -0.39 is 0 Å². The van der Waals surface area contributed by atoms with Gasteiger partial charge < -0.3 is 15.4 Å². The zero-order valence-electron chi connectivity index (χ0n) is 18.5. The zero-order chi connectivity index (χ0) is 22.6. The first-order valence-electron chi connectivity index (χ1n) is 11.1. The summed E-state index contributed by atoms with van der Waals surface area (Å²) in [5.74, 6) is 0.768. The van der Waals surface area contributed by atoms with Crippen LogP contribution in [0.4, 0.5) is 5.82 Å². The van der Waals surface area contributed by atoms with Gasteiger partial charge in [-0.2, -0.15) is 5.10 Å². The Morgan fingerprint density at radius 3 is 2.67 bits per heavy atom. The maximum atomic E-state index is 12.6. The Hall–Kier alpha value is -3.17. The lowest BCUT2D eigenvalue weighted by Gasteiger charge is -2.53. The van der Waals surface area contributed by atoms with Gasteiger partial charge in [0.15, 0.2) is 0 Å². The summed E-state index contributed by atoms with van der Waals surface area (Å²) in [4.78, 5) is 22.4. The monoisotopic (exact) mass is 460 g/mol. The average molecular weight is 461 g/mol. The van der Waals surface area contributed by atoms with Crippen molar-refractivity contribution in [3.05, 3.63) is 53.0 Å². The third-order valence-electron chi connectivity index (χ3n) is 6.85. The molecule has 33 heavy (non-hydrogen) atoms. The maximum absolute atomic E-state index is 12.6. The fraction of sp³-hybridized carbons (Fsp3) is 0.375. The number of hydrogen-bond donors (Lipinski definition) is 2. The number of anilines is 1. The molecule has 2 fully saturated rings. The van der Waals surface area contributed by atoms with Crippen LogP contribution in [0.2, 0.25) is 0 Å². The second-order valence-electron chi connectivity index (χ2n) is 9.21. The van der Waals surface area contributed by atoms with Gasteiger partial charge in [0, 0.05) is 29.0 Å². The summed E-state index contributed by atoms with van der Waals surface area (Å²) < 4.78 is 6.28. The van der Waals surface area contributed by atoms with Crippen molar-refractivity contribution in [3.8, 4) is 0 Å². The summed E-state index contributed by atoms with van der Waals surface area (Å²) in [7, 11) is 0. The van der Waals surface area contributed by atoms with Crippen LogP contribution in [0.5, 0.6) is 0 Å². The molecule has 1 spiro atoms. The van der Waals surface area contributed by atoms with Crippen LogP contribution in [-0.2, 0) is 11.3 Å². The number of aromatic nitrogens is 4. The van der Waals surface area contributed by atoms with Gasteiger partial charge in [-0.3, -0.25) is 4.79 Å². The van der Waals surface area contributed by atoms with Crippen molar-refractivity contribution >= 4 is 43.5 Å². The standard InChI is InChI=1S/C24H24N6O2S/c1-13-14(2)29-30-23-18(13)19-20(33-23)21(27-12-26-19)25-9-15-3-5-16(6-4-15)22(31)28-17-7-24(8-17)10-32-11-24/h3-6,12,17H,7-11H2,1-2H3,(H,28,31)(H,25,26,27). The number of hydrogen-bond acceptors (Lipinski definition) is 8. The van der Waals surface area contributed by atoms with Crippen molar-refractivity contribution in [2.45, 2.75) is 39.3 Å². The molecular formula is C24H24N6O2S. The molecule has 1 saturated carbocycles. The summed E-state index contributed by atoms with van der Waals surface area (Å²) in [5, 5.41) is 16.2. The van der Waals surface area contributed by atoms with Gasteiger partial charge in [0.2, 0.25) is 0 Å². The highest BCUT2D eigenvalue weighted by Gasteiger charge is 2.50. The number of nitrogens with zero attached hydrogens (tertiary/aromatic N) is 4. The van der Waals surface area contributed by atoms with Crippen molar-refractivity contribution in [2.75, 3.05) is 18.5 Å². The van der Waals surface area contributed by atoms with Crippen molar-refractivity contribution < 1.29 is 9.53 Å². The fourth-order valence-electron chi connectivity index (χ4n) is 4.75. The fourth-order valence-corrected chi connectivity index (χ4v) is 5.85. The first-order valence-corrected chi connectivity index (χ1v) is 11.9. The molecule has 1 aliphatic carbocycles. The molecule has 1 aliphatic heterocycles. The molecule has 0 atom stereocenters. The molecular weight excluding hydrogens is 436 g/mol. The molecule has 0 radical (unpaired) electrons. The van der Waals surface area contributed by atoms with Gasteiger partial charge in [0.05, 0.1) is 29.1 Å². The van der Waals surface area contributed by atoms with E-state index in [0.717, 1.165) is 69.1 Å². The van der Waals surface area contributed by atoms with E-state index in [9.17, 15) is 4.79 Å². The topological polar surface area (TPSA) is 102 Å². The third kappa shape index (κ3) is 3.52. The Kier molecular flexibility index (Phi) is 4.77. The largest absolute Gasteiger partial charge is 0.380 e. The minimum Gasteiger partial charge on any atom is -0.380 e. The lowest BCUT2D eigenvalue weighted by molar-refractivity contribution is -0.165. The second-order valence-corrected chi connectivity index (χ2v) is 10.2. The number of rotatable bonds is 5. The van der Waals surface area contributed by atoms with E-state index in [-0.39, 0.29) is 11.9 Å². The molecule has 4 aromatic rings. The van der Waals surface area contributed by atoms with E-state index in [2.05, 4.69) is 37.7 Å². The van der Waals surface area contributed by atoms with Gasteiger partial charge >= 0.3 is 0 Å². The lowest BCUT2D eigenvalue weighted by Crippen LogP contribution is -2.59. The Bertz CT molecular complexity index is 1370. The highest BCUT2D eigenvalue weighted by atomic mass is 32.1. The number of aryl methyl sites for hydroxylation is 2. The number of benzene rings is 1. The molecule has 9 heteroatoms. The smallest absolute Gasteiger partial charge is 0.251 e. The summed E-state index contributed by atoms with van der Waals surface area (Å²) in [6.45, 7) is 6.29. The van der Waals surface area contributed by atoms with E-state index in [0.29, 0.717) is 17.5 Å². The summed E-state index contributed by atoms with van der Waals surface area (Å²) in [6, 6.07) is 7.98. The molecule has 1 amide bonds. The Labute approximate surface area is 194 Å². The highest BCUT2D eigenvalue weighted by Crippen LogP contribution is 2.46. The van der Waals surface area contributed by atoms with Crippen molar-refractivity contribution in [1.29, 1.82) is 0 Å². The molecule has 0 bridgehead atoms. The van der Waals surface area contributed by atoms with Crippen LogP contribution >= 0.6 is 11.3 Å². The summed E-state index contributed by atoms with van der Waals surface area (Å²) in [6.07, 6.45) is 3.63. The van der Waals surface area contributed by atoms with E-state index in [1.54, 1.807) is 17.7 Å². The molecule has 4 heterocycles. The molecule has 0 unspecified atom stereocenters. The average Bonchev–Trinajstić information content (AvgIpc) is 3.16. The number of nitrogens with one attached hydrogen (secondary N) is 2. The molecule has 168 valence electrons. The molecule has 8 nitrogen and oxygen atoms in total. The zero-order valence-corrected chi connectivity index (χ0v) is 19.3. The van der Waals surface area contributed by atoms with Crippen LogP contribution in [0, 0.1) is 19.3 Å². The van der Waals surface area contributed by atoms with Gasteiger partial charge in [-0.25, -0.2) is 9.97 Å². The van der Waals surface area contributed by atoms with Gasteiger partial charge in [-0.1, -0.05) is 12.1 Å². The first-order chi connectivity index (χ1) is 16.0. The van der Waals surface area contributed by atoms with Gasteiger partial charge in [0.25, 0.3) is 5.91 Å². The normalized spacial score (nSPS) is 17.2. The molecule has 2 aliphatic rings. The number of carbonyl (C=O) groups is 1. The highest BCUT2D eigenvalue weighted by molar-refractivity contribution is 7.25. The van der Waals surface area contributed by atoms with Crippen LogP contribution in [0.25, 0.3) is 20.4 Å². The Balaban J connectivity index is 1.14. The second kappa shape index (κ2) is 7.71.